The lowest BCUT2D eigenvalue weighted by Crippen LogP contribution is -2.55. The van der Waals surface area contributed by atoms with E-state index in [1.54, 1.807) is 130 Å². The first-order valence-corrected chi connectivity index (χ1v) is 21.9. The molecule has 20 heteroatoms. The Labute approximate surface area is 388 Å². The van der Waals surface area contributed by atoms with E-state index in [4.69, 9.17) is 9.47 Å². The Hall–Kier alpha value is -5.67. The number of ketones is 1. The van der Waals surface area contributed by atoms with Crippen molar-refractivity contribution in [3.8, 4) is 0 Å². The summed E-state index contributed by atoms with van der Waals surface area (Å²) in [6, 6.07) is 14.0. The van der Waals surface area contributed by atoms with Gasteiger partial charge in [-0.25, -0.2) is 9.59 Å². The number of ether oxygens (including phenoxy) is 2. The summed E-state index contributed by atoms with van der Waals surface area (Å²) in [4.78, 5) is 89.4. The maximum Gasteiger partial charge on any atom is 0.408 e. The van der Waals surface area contributed by atoms with E-state index in [-0.39, 0.29) is 24.8 Å². The molecule has 0 aliphatic rings. The molecule has 2 rings (SSSR count). The molecule has 0 radical (unpaired) electrons. The Morgan fingerprint density at radius 1 is 0.576 bits per heavy atom. The summed E-state index contributed by atoms with van der Waals surface area (Å²) in [6.07, 6.45) is -4.18. The van der Waals surface area contributed by atoms with Gasteiger partial charge in [0.05, 0.1) is 25.2 Å². The van der Waals surface area contributed by atoms with Gasteiger partial charge in [0, 0.05) is 28.2 Å². The smallest absolute Gasteiger partial charge is 0.408 e. The number of Topliss-reactive ketones (excluding diaryl/α,β-unsaturated/α-hetero) is 1. The molecule has 0 heterocycles. The van der Waals surface area contributed by atoms with Gasteiger partial charge in [0.25, 0.3) is 0 Å². The summed E-state index contributed by atoms with van der Waals surface area (Å²) in [7, 11) is 6.34. The number of amides is 6. The summed E-state index contributed by atoms with van der Waals surface area (Å²) in [5.74, 6) is -2.45. The van der Waals surface area contributed by atoms with Crippen molar-refractivity contribution in [1.82, 2.24) is 41.7 Å². The molecule has 0 spiro atoms. The number of benzene rings is 2. The molecule has 0 bridgehead atoms. The summed E-state index contributed by atoms with van der Waals surface area (Å²) < 4.78 is 10.4. The summed E-state index contributed by atoms with van der Waals surface area (Å²) >= 11 is 0. The van der Waals surface area contributed by atoms with Gasteiger partial charge >= 0.3 is 12.2 Å². The molecule has 2 aromatic rings. The van der Waals surface area contributed by atoms with E-state index in [1.165, 1.54) is 9.80 Å². The Morgan fingerprint density at radius 3 is 1.35 bits per heavy atom. The van der Waals surface area contributed by atoms with Gasteiger partial charge in [0.15, 0.2) is 12.0 Å². The van der Waals surface area contributed by atoms with Crippen LogP contribution in [0.2, 0.25) is 0 Å². The average molecular weight is 931 g/mol. The lowest BCUT2D eigenvalue weighted by molar-refractivity contribution is -0.135. The Kier molecular flexibility index (Phi) is 25.1. The first-order chi connectivity index (χ1) is 30.7. The predicted molar refractivity (Wildman–Crippen MR) is 247 cm³/mol. The fourth-order valence-corrected chi connectivity index (χ4v) is 5.95. The van der Waals surface area contributed by atoms with Gasteiger partial charge < -0.3 is 55.9 Å². The molecule has 7 atom stereocenters. The van der Waals surface area contributed by atoms with Crippen molar-refractivity contribution >= 4 is 41.6 Å². The summed E-state index contributed by atoms with van der Waals surface area (Å²) in [5.41, 5.74) is -0.224. The molecular weight excluding hydrogens is 857 g/mol. The molecule has 0 fully saturated rings. The number of nitrogens with zero attached hydrogens (tertiary/aromatic N) is 2. The minimum Gasteiger partial charge on any atom is -0.444 e. The second-order valence-electron chi connectivity index (χ2n) is 17.8. The largest absolute Gasteiger partial charge is 0.444 e. The summed E-state index contributed by atoms with van der Waals surface area (Å²) in [5, 5.41) is 46.4. The average Bonchev–Trinajstić information content (AvgIpc) is 3.23. The Balaban J connectivity index is 0.000000660. The first-order valence-electron chi connectivity index (χ1n) is 21.9. The van der Waals surface area contributed by atoms with Crippen LogP contribution in [-0.4, -0.2) is 150 Å². The van der Waals surface area contributed by atoms with Gasteiger partial charge in [0.1, 0.15) is 35.6 Å². The maximum absolute atomic E-state index is 12.6. The highest BCUT2D eigenvalue weighted by Gasteiger charge is 2.32. The van der Waals surface area contributed by atoms with Crippen molar-refractivity contribution in [2.24, 2.45) is 0 Å². The third-order valence-corrected chi connectivity index (χ3v) is 9.10. The molecule has 9 N–H and O–H groups in total. The van der Waals surface area contributed by atoms with Crippen molar-refractivity contribution < 1.29 is 58.4 Å². The van der Waals surface area contributed by atoms with Crippen LogP contribution < -0.4 is 31.9 Å². The molecule has 0 saturated heterocycles. The number of rotatable bonds is 22. The van der Waals surface area contributed by atoms with Crippen molar-refractivity contribution in [1.29, 1.82) is 0 Å². The third-order valence-electron chi connectivity index (χ3n) is 9.10. The van der Waals surface area contributed by atoms with Gasteiger partial charge in [-0.05, 0) is 65.5 Å². The number of carbonyl (C=O) groups is 7. The number of aliphatic hydroxyl groups excluding tert-OH is 3. The minimum absolute atomic E-state index is 0.288. The molecule has 6 amide bonds. The zero-order valence-electron chi connectivity index (χ0n) is 40.5. The molecule has 0 saturated carbocycles. The van der Waals surface area contributed by atoms with Crippen LogP contribution in [0.3, 0.4) is 0 Å². The Morgan fingerprint density at radius 2 is 0.970 bits per heavy atom. The normalized spacial score (nSPS) is 14.5. The highest BCUT2D eigenvalue weighted by molar-refractivity contribution is 5.92. The monoisotopic (exact) mass is 931 g/mol. The number of nitrogens with one attached hydrogen (secondary N) is 6. The predicted octanol–water partition coefficient (Wildman–Crippen LogP) is 2.00. The van der Waals surface area contributed by atoms with Crippen LogP contribution in [0.15, 0.2) is 60.7 Å². The molecule has 2 aromatic carbocycles. The van der Waals surface area contributed by atoms with E-state index in [1.807, 2.05) is 13.8 Å². The zero-order valence-corrected chi connectivity index (χ0v) is 40.5. The first kappa shape index (κ1) is 58.3. The number of aliphatic hydroxyl groups is 3. The number of carbonyl (C=O) groups excluding carboxylic acids is 7. The van der Waals surface area contributed by atoms with Crippen molar-refractivity contribution in [3.05, 3.63) is 71.8 Å². The topological polar surface area (TPSA) is 277 Å². The molecule has 66 heavy (non-hydrogen) atoms. The Bertz CT molecular complexity index is 1840. The number of hydrogen-bond donors (Lipinski definition) is 9. The highest BCUT2D eigenvalue weighted by Crippen LogP contribution is 2.17. The van der Waals surface area contributed by atoms with Crippen LogP contribution in [0.5, 0.6) is 0 Å². The molecule has 3 unspecified atom stereocenters. The summed E-state index contributed by atoms with van der Waals surface area (Å²) in [6.45, 7) is 13.2. The molecule has 0 aliphatic heterocycles. The highest BCUT2D eigenvalue weighted by atomic mass is 16.6. The second kappa shape index (κ2) is 28.4. The molecule has 0 aromatic heterocycles. The molecular formula is C46H74N8O12. The lowest BCUT2D eigenvalue weighted by Gasteiger charge is -2.29. The maximum atomic E-state index is 12.6. The zero-order chi connectivity index (χ0) is 50.4. The fraction of sp³-hybridized carbons (Fsp3) is 0.587. The van der Waals surface area contributed by atoms with Crippen LogP contribution in [0.25, 0.3) is 0 Å². The van der Waals surface area contributed by atoms with Crippen LogP contribution in [0, 0.1) is 0 Å². The quantitative estimate of drug-likeness (QED) is 0.0765. The number of likely N-dealkylation sites (N-methyl/N-ethyl adjacent to an activating group) is 2. The van der Waals surface area contributed by atoms with E-state index in [2.05, 4.69) is 31.9 Å². The van der Waals surface area contributed by atoms with Crippen molar-refractivity contribution in [3.63, 3.8) is 0 Å². The lowest BCUT2D eigenvalue weighted by atomic mass is 10.0. The second-order valence-corrected chi connectivity index (χ2v) is 17.8. The van der Waals surface area contributed by atoms with Gasteiger partial charge in [-0.3, -0.25) is 34.6 Å². The van der Waals surface area contributed by atoms with E-state index < -0.39 is 90.3 Å². The van der Waals surface area contributed by atoms with E-state index in [9.17, 15) is 48.9 Å². The van der Waals surface area contributed by atoms with E-state index in [0.717, 1.165) is 0 Å². The van der Waals surface area contributed by atoms with Gasteiger partial charge in [-0.15, -0.1) is 0 Å². The molecule has 370 valence electrons. The molecule has 20 nitrogen and oxygen atoms in total. The SMILES string of the molecule is CCCC(NC(=O)OC(C)(C)C)C(=O)[C@H](O)NCC(=O)N[C@H](C(=O)N(C)C)c1ccccc1.CCCC(NC(=O)OC(C)(C)C)C(O)[C@H](O)NCC(=O)N[C@H](C(=O)N(C)C)c1ccccc1. The van der Waals surface area contributed by atoms with Crippen molar-refractivity contribution in [2.45, 2.75) is 135 Å². The van der Waals surface area contributed by atoms with Crippen LogP contribution in [0.1, 0.15) is 104 Å². The molecule has 0 aliphatic carbocycles. The standard InChI is InChI=1S/C23H38N4O6.C23H36N4O6/c2*1-7-11-16(25-22(32)33-23(2,3)4)19(29)20(30)24-14-17(28)26-18(21(31)27(5)6)15-12-9-8-10-13-15/h8-10,12-13,16,18-20,24,29-30H,7,11,14H2,1-6H3,(H,25,32)(H,26,28);8-10,12-13,16,18,20,24,30H,7,11,14H2,1-6H3,(H,25,32)(H,26,28)/t16?,18-,19?,20-;16?,18-,20-/m00/s1. The minimum atomic E-state index is -1.69. The van der Waals surface area contributed by atoms with Crippen molar-refractivity contribution in [2.75, 3.05) is 41.3 Å². The number of alkyl carbamates (subject to hydrolysis) is 2. The van der Waals surface area contributed by atoms with Crippen LogP contribution in [0.4, 0.5) is 9.59 Å². The third kappa shape index (κ3) is 22.5. The van der Waals surface area contributed by atoms with Crippen LogP contribution in [-0.2, 0) is 33.4 Å². The van der Waals surface area contributed by atoms with Gasteiger partial charge in [-0.1, -0.05) is 87.4 Å². The van der Waals surface area contributed by atoms with E-state index >= 15 is 0 Å². The van der Waals surface area contributed by atoms with Gasteiger partial charge in [-0.2, -0.15) is 0 Å². The van der Waals surface area contributed by atoms with E-state index in [0.29, 0.717) is 30.4 Å². The van der Waals surface area contributed by atoms with Crippen LogP contribution >= 0.6 is 0 Å². The number of hydrogen-bond acceptors (Lipinski definition) is 14. The fourth-order valence-electron chi connectivity index (χ4n) is 5.95. The van der Waals surface area contributed by atoms with Gasteiger partial charge in [0.2, 0.25) is 23.6 Å².